The Morgan fingerprint density at radius 1 is 1.64 bits per heavy atom. The van der Waals surface area contributed by atoms with E-state index in [4.69, 9.17) is 10.5 Å². The number of methoxy groups -OCH3 is 1. The molecule has 1 aromatic heterocycles. The molecule has 11 heavy (non-hydrogen) atoms. The molecule has 0 aliphatic carbocycles. The van der Waals surface area contributed by atoms with Crippen molar-refractivity contribution in [3.05, 3.63) is 12.0 Å². The van der Waals surface area contributed by atoms with Crippen LogP contribution in [0.2, 0.25) is 0 Å². The second-order valence-corrected chi connectivity index (χ2v) is 2.90. The topological polar surface area (TPSA) is 63.9 Å². The van der Waals surface area contributed by atoms with Crippen LogP contribution < -0.4 is 5.73 Å². The quantitative estimate of drug-likeness (QED) is 0.666. The summed E-state index contributed by atoms with van der Waals surface area (Å²) in [6.45, 7) is 3.84. The van der Waals surface area contributed by atoms with Crippen molar-refractivity contribution >= 4 is 5.82 Å². The number of rotatable bonds is 2. The molecule has 4 nitrogen and oxygen atoms in total. The minimum Gasteiger partial charge on any atom is -0.384 e. The molecular weight excluding hydrogens is 142 g/mol. The number of nitrogens with zero attached hydrogens (tertiary/aromatic N) is 1. The number of hydrogen-bond acceptors (Lipinski definition) is 3. The third kappa shape index (κ3) is 1.51. The van der Waals surface area contributed by atoms with Crippen molar-refractivity contribution < 1.29 is 4.74 Å². The van der Waals surface area contributed by atoms with Crippen molar-refractivity contribution in [2.24, 2.45) is 0 Å². The second kappa shape index (κ2) is 2.54. The number of ether oxygens (including phenoxy) is 1. The Morgan fingerprint density at radius 2 is 2.27 bits per heavy atom. The van der Waals surface area contributed by atoms with Gasteiger partial charge in [-0.1, -0.05) is 0 Å². The highest BCUT2D eigenvalue weighted by Gasteiger charge is 2.22. The van der Waals surface area contributed by atoms with E-state index in [1.54, 1.807) is 13.3 Å². The third-order valence-corrected chi connectivity index (χ3v) is 1.68. The van der Waals surface area contributed by atoms with Gasteiger partial charge in [-0.3, -0.25) is 0 Å². The number of nitrogens with two attached hydrogens (primary N) is 1. The lowest BCUT2D eigenvalue weighted by Crippen LogP contribution is -2.21. The maximum atomic E-state index is 5.46. The number of aromatic nitrogens is 2. The number of anilines is 1. The Bertz CT molecular complexity index is 242. The fourth-order valence-electron chi connectivity index (χ4n) is 0.738. The zero-order chi connectivity index (χ0) is 8.48. The SMILES string of the molecule is COC(C)(C)c1ncc(N)[nH]1. The fraction of sp³-hybridized carbons (Fsp3) is 0.571. The van der Waals surface area contributed by atoms with E-state index in [0.717, 1.165) is 5.82 Å². The molecule has 1 heterocycles. The van der Waals surface area contributed by atoms with Crippen molar-refractivity contribution in [3.8, 4) is 0 Å². The van der Waals surface area contributed by atoms with Gasteiger partial charge in [-0.15, -0.1) is 0 Å². The number of nitrogens with one attached hydrogen (secondary N) is 1. The zero-order valence-corrected chi connectivity index (χ0v) is 7.01. The predicted molar refractivity (Wildman–Crippen MR) is 43.0 cm³/mol. The van der Waals surface area contributed by atoms with Crippen LogP contribution in [0.1, 0.15) is 19.7 Å². The van der Waals surface area contributed by atoms with Gasteiger partial charge in [-0.2, -0.15) is 0 Å². The molecule has 4 heteroatoms. The van der Waals surface area contributed by atoms with Gasteiger partial charge < -0.3 is 15.5 Å². The molecule has 1 rings (SSSR count). The monoisotopic (exact) mass is 155 g/mol. The summed E-state index contributed by atoms with van der Waals surface area (Å²) in [5.74, 6) is 1.31. The molecule has 62 valence electrons. The molecule has 0 spiro atoms. The molecule has 0 amide bonds. The summed E-state index contributed by atoms with van der Waals surface area (Å²) in [7, 11) is 1.64. The molecule has 1 aromatic rings. The van der Waals surface area contributed by atoms with Gasteiger partial charge in [0.2, 0.25) is 0 Å². The maximum absolute atomic E-state index is 5.46. The molecule has 0 aliphatic rings. The van der Waals surface area contributed by atoms with Gasteiger partial charge >= 0.3 is 0 Å². The first-order chi connectivity index (χ1) is 5.06. The van der Waals surface area contributed by atoms with Crippen LogP contribution in [0.4, 0.5) is 5.82 Å². The third-order valence-electron chi connectivity index (χ3n) is 1.68. The number of hydrogen-bond donors (Lipinski definition) is 2. The summed E-state index contributed by atoms with van der Waals surface area (Å²) in [4.78, 5) is 6.96. The Hall–Kier alpha value is -1.03. The summed E-state index contributed by atoms with van der Waals surface area (Å²) in [5.41, 5.74) is 5.07. The van der Waals surface area contributed by atoms with Gasteiger partial charge in [0.1, 0.15) is 17.2 Å². The molecule has 0 aromatic carbocycles. The van der Waals surface area contributed by atoms with E-state index in [1.807, 2.05) is 13.8 Å². The Kier molecular flexibility index (Phi) is 1.87. The summed E-state index contributed by atoms with van der Waals surface area (Å²) in [6.07, 6.45) is 1.58. The lowest BCUT2D eigenvalue weighted by molar-refractivity contribution is 0.0122. The summed E-state index contributed by atoms with van der Waals surface area (Å²) in [6, 6.07) is 0. The van der Waals surface area contributed by atoms with E-state index in [2.05, 4.69) is 9.97 Å². The summed E-state index contributed by atoms with van der Waals surface area (Å²) < 4.78 is 5.19. The van der Waals surface area contributed by atoms with E-state index < -0.39 is 5.60 Å². The Labute approximate surface area is 65.8 Å². The van der Waals surface area contributed by atoms with E-state index in [-0.39, 0.29) is 0 Å². The van der Waals surface area contributed by atoms with Crippen molar-refractivity contribution in [1.29, 1.82) is 0 Å². The molecular formula is C7H13N3O. The van der Waals surface area contributed by atoms with Crippen LogP contribution in [0, 0.1) is 0 Å². The average molecular weight is 155 g/mol. The van der Waals surface area contributed by atoms with Crippen LogP contribution in [0.5, 0.6) is 0 Å². The first-order valence-corrected chi connectivity index (χ1v) is 3.42. The average Bonchev–Trinajstić information content (AvgIpc) is 2.36. The second-order valence-electron chi connectivity index (χ2n) is 2.90. The van der Waals surface area contributed by atoms with E-state index in [1.165, 1.54) is 0 Å². The minimum absolute atomic E-state index is 0.391. The first kappa shape index (κ1) is 8.07. The maximum Gasteiger partial charge on any atom is 0.139 e. The van der Waals surface area contributed by atoms with Crippen molar-refractivity contribution in [2.75, 3.05) is 12.8 Å². The van der Waals surface area contributed by atoms with E-state index in [0.29, 0.717) is 5.82 Å². The van der Waals surface area contributed by atoms with Gasteiger partial charge in [0.05, 0.1) is 6.20 Å². The minimum atomic E-state index is -0.391. The molecule has 0 atom stereocenters. The fourth-order valence-corrected chi connectivity index (χ4v) is 0.738. The van der Waals surface area contributed by atoms with Gasteiger partial charge in [0, 0.05) is 7.11 Å². The highest BCUT2D eigenvalue weighted by atomic mass is 16.5. The lowest BCUT2D eigenvalue weighted by Gasteiger charge is -2.19. The molecule has 0 radical (unpaired) electrons. The van der Waals surface area contributed by atoms with Crippen LogP contribution in [-0.2, 0) is 10.3 Å². The number of imidazole rings is 1. The Balaban J connectivity index is 2.92. The summed E-state index contributed by atoms with van der Waals surface area (Å²) in [5, 5.41) is 0. The molecule has 0 aliphatic heterocycles. The lowest BCUT2D eigenvalue weighted by atomic mass is 10.1. The largest absolute Gasteiger partial charge is 0.384 e. The number of nitrogen functional groups attached to an aromatic ring is 1. The van der Waals surface area contributed by atoms with Crippen LogP contribution in [0.3, 0.4) is 0 Å². The first-order valence-electron chi connectivity index (χ1n) is 3.42. The van der Waals surface area contributed by atoms with Crippen molar-refractivity contribution in [2.45, 2.75) is 19.4 Å². The highest BCUT2D eigenvalue weighted by molar-refractivity contribution is 5.25. The zero-order valence-electron chi connectivity index (χ0n) is 7.01. The number of H-pyrrole nitrogens is 1. The molecule has 0 fully saturated rings. The molecule has 0 saturated carbocycles. The van der Waals surface area contributed by atoms with Crippen molar-refractivity contribution in [3.63, 3.8) is 0 Å². The van der Waals surface area contributed by atoms with Crippen LogP contribution in [-0.4, -0.2) is 17.1 Å². The predicted octanol–water partition coefficient (Wildman–Crippen LogP) is 0.873. The van der Waals surface area contributed by atoms with Crippen LogP contribution in [0.15, 0.2) is 6.20 Å². The van der Waals surface area contributed by atoms with Gasteiger partial charge in [-0.25, -0.2) is 4.98 Å². The molecule has 0 saturated heterocycles. The summed E-state index contributed by atoms with van der Waals surface area (Å²) >= 11 is 0. The molecule has 3 N–H and O–H groups in total. The Morgan fingerprint density at radius 3 is 2.64 bits per heavy atom. The smallest absolute Gasteiger partial charge is 0.139 e. The van der Waals surface area contributed by atoms with E-state index >= 15 is 0 Å². The van der Waals surface area contributed by atoms with Gasteiger partial charge in [0.15, 0.2) is 0 Å². The highest BCUT2D eigenvalue weighted by Crippen LogP contribution is 2.20. The molecule has 0 unspecified atom stereocenters. The molecule has 0 bridgehead atoms. The van der Waals surface area contributed by atoms with Crippen molar-refractivity contribution in [1.82, 2.24) is 9.97 Å². The van der Waals surface area contributed by atoms with Crippen LogP contribution in [0.25, 0.3) is 0 Å². The number of aromatic amines is 1. The van der Waals surface area contributed by atoms with Gasteiger partial charge in [-0.05, 0) is 13.8 Å². The van der Waals surface area contributed by atoms with E-state index in [9.17, 15) is 0 Å². The van der Waals surface area contributed by atoms with Gasteiger partial charge in [0.25, 0.3) is 0 Å². The normalized spacial score (nSPS) is 11.9. The van der Waals surface area contributed by atoms with Crippen LogP contribution >= 0.6 is 0 Å². The standard InChI is InChI=1S/C7H13N3O/c1-7(2,11-3)6-9-4-5(8)10-6/h4H,8H2,1-3H3,(H,9,10).